The molecule has 1 heterocycles. The van der Waals surface area contributed by atoms with E-state index < -0.39 is 6.04 Å². The van der Waals surface area contributed by atoms with Gasteiger partial charge < -0.3 is 16.4 Å². The van der Waals surface area contributed by atoms with Crippen LogP contribution < -0.4 is 16.4 Å². The van der Waals surface area contributed by atoms with Crippen LogP contribution in [-0.4, -0.2) is 54.5 Å². The molecule has 0 radical (unpaired) electrons. The van der Waals surface area contributed by atoms with Gasteiger partial charge in [0.25, 0.3) is 0 Å². The van der Waals surface area contributed by atoms with Gasteiger partial charge in [-0.05, 0) is 45.1 Å². The number of likely N-dealkylation sites (tertiary alicyclic amines) is 1. The minimum Gasteiger partial charge on any atom is -0.353 e. The smallest absolute Gasteiger partial charge is 0.239 e. The minimum atomic E-state index is -0.575. The maximum Gasteiger partial charge on any atom is 0.239 e. The van der Waals surface area contributed by atoms with Crippen LogP contribution in [0, 0.1) is 11.8 Å². The van der Waals surface area contributed by atoms with Crippen molar-refractivity contribution in [1.29, 1.82) is 0 Å². The van der Waals surface area contributed by atoms with E-state index >= 15 is 0 Å². The van der Waals surface area contributed by atoms with E-state index in [1.165, 1.54) is 12.8 Å². The SMILES string of the molecule is CC1CCCN(C(C)(C)CNC(=O)CNC(=O)[C@@H](N)C(C)C)C1.Cl.Cl. The minimum absolute atomic E-state index is 0. The average molecular weight is 399 g/mol. The molecule has 0 saturated carbocycles. The third-order valence-corrected chi connectivity index (χ3v) is 4.68. The predicted octanol–water partition coefficient (Wildman–Crippen LogP) is 1.56. The molecule has 2 amide bonds. The molecule has 25 heavy (non-hydrogen) atoms. The first-order chi connectivity index (χ1) is 10.6. The van der Waals surface area contributed by atoms with Gasteiger partial charge in [0.1, 0.15) is 0 Å². The summed E-state index contributed by atoms with van der Waals surface area (Å²) in [5.41, 5.74) is 5.67. The van der Waals surface area contributed by atoms with Crippen molar-refractivity contribution in [1.82, 2.24) is 15.5 Å². The number of piperidine rings is 1. The maximum atomic E-state index is 11.9. The molecule has 0 aromatic rings. The first-order valence-electron chi connectivity index (χ1n) is 8.68. The summed E-state index contributed by atoms with van der Waals surface area (Å²) in [4.78, 5) is 26.1. The second-order valence-electron chi connectivity index (χ2n) is 7.77. The highest BCUT2D eigenvalue weighted by atomic mass is 35.5. The molecule has 0 aromatic heterocycles. The molecule has 150 valence electrons. The fourth-order valence-electron chi connectivity index (χ4n) is 2.82. The summed E-state index contributed by atoms with van der Waals surface area (Å²) < 4.78 is 0. The molecular weight excluding hydrogens is 363 g/mol. The maximum absolute atomic E-state index is 11.9. The Hall–Kier alpha value is -0.560. The van der Waals surface area contributed by atoms with E-state index in [9.17, 15) is 9.59 Å². The Kier molecular flexibility index (Phi) is 12.7. The topological polar surface area (TPSA) is 87.5 Å². The predicted molar refractivity (Wildman–Crippen MR) is 107 cm³/mol. The second-order valence-corrected chi connectivity index (χ2v) is 7.77. The number of carbonyl (C=O) groups excluding carboxylic acids is 2. The van der Waals surface area contributed by atoms with E-state index in [4.69, 9.17) is 5.73 Å². The molecule has 1 saturated heterocycles. The van der Waals surface area contributed by atoms with E-state index in [2.05, 4.69) is 36.3 Å². The quantitative estimate of drug-likeness (QED) is 0.606. The summed E-state index contributed by atoms with van der Waals surface area (Å²) in [5.74, 6) is 0.306. The fourth-order valence-corrected chi connectivity index (χ4v) is 2.82. The summed E-state index contributed by atoms with van der Waals surface area (Å²) in [6.45, 7) is 13.0. The molecule has 2 atom stereocenters. The van der Waals surface area contributed by atoms with E-state index in [-0.39, 0.29) is 54.6 Å². The van der Waals surface area contributed by atoms with Crippen molar-refractivity contribution in [2.24, 2.45) is 17.6 Å². The van der Waals surface area contributed by atoms with Gasteiger partial charge in [-0.15, -0.1) is 24.8 Å². The highest BCUT2D eigenvalue weighted by molar-refractivity contribution is 5.87. The highest BCUT2D eigenvalue weighted by Crippen LogP contribution is 2.23. The number of amides is 2. The Labute approximate surface area is 164 Å². The molecule has 1 aliphatic heterocycles. The first-order valence-corrected chi connectivity index (χ1v) is 8.68. The van der Waals surface area contributed by atoms with Crippen LogP contribution in [0.25, 0.3) is 0 Å². The lowest BCUT2D eigenvalue weighted by Gasteiger charge is -2.43. The van der Waals surface area contributed by atoms with Gasteiger partial charge in [-0.25, -0.2) is 0 Å². The van der Waals surface area contributed by atoms with Gasteiger partial charge in [-0.2, -0.15) is 0 Å². The zero-order valence-electron chi connectivity index (χ0n) is 16.1. The van der Waals surface area contributed by atoms with Crippen molar-refractivity contribution in [3.05, 3.63) is 0 Å². The van der Waals surface area contributed by atoms with E-state index in [1.807, 2.05) is 13.8 Å². The fraction of sp³-hybridized carbons (Fsp3) is 0.882. The molecule has 1 rings (SSSR count). The van der Waals surface area contributed by atoms with Crippen molar-refractivity contribution in [3.63, 3.8) is 0 Å². The van der Waals surface area contributed by atoms with Crippen molar-refractivity contribution >= 4 is 36.6 Å². The summed E-state index contributed by atoms with van der Waals surface area (Å²) in [6.07, 6.45) is 2.49. The zero-order valence-corrected chi connectivity index (χ0v) is 17.8. The molecule has 1 fully saturated rings. The lowest BCUT2D eigenvalue weighted by molar-refractivity contribution is -0.127. The third-order valence-electron chi connectivity index (χ3n) is 4.68. The molecule has 8 heteroatoms. The number of nitrogens with zero attached hydrogens (tertiary/aromatic N) is 1. The second kappa shape index (κ2) is 11.9. The largest absolute Gasteiger partial charge is 0.353 e. The van der Waals surface area contributed by atoms with Gasteiger partial charge in [0.15, 0.2) is 0 Å². The first kappa shape index (κ1) is 26.7. The molecule has 4 N–H and O–H groups in total. The Bertz CT molecular complexity index is 419. The van der Waals surface area contributed by atoms with Gasteiger partial charge in [-0.1, -0.05) is 20.8 Å². The molecule has 0 bridgehead atoms. The van der Waals surface area contributed by atoms with Crippen LogP contribution >= 0.6 is 24.8 Å². The van der Waals surface area contributed by atoms with Gasteiger partial charge >= 0.3 is 0 Å². The van der Waals surface area contributed by atoms with Crippen LogP contribution in [0.3, 0.4) is 0 Å². The standard InChI is InChI=1S/C17H34N4O2.2ClH/c1-12(2)15(18)16(23)19-9-14(22)20-11-17(4,5)21-8-6-7-13(3)10-21;;/h12-13,15H,6-11,18H2,1-5H3,(H,19,23)(H,20,22);2*1H/t13?,15-;;/m0../s1. The molecule has 6 nitrogen and oxygen atoms in total. The average Bonchev–Trinajstić information content (AvgIpc) is 2.49. The van der Waals surface area contributed by atoms with Crippen LogP contribution in [0.1, 0.15) is 47.5 Å². The lowest BCUT2D eigenvalue weighted by Crippen LogP contribution is -2.55. The lowest BCUT2D eigenvalue weighted by atomic mass is 9.93. The highest BCUT2D eigenvalue weighted by Gasteiger charge is 2.30. The zero-order chi connectivity index (χ0) is 17.6. The van der Waals surface area contributed by atoms with Crippen molar-refractivity contribution in [3.8, 4) is 0 Å². The molecule has 0 aliphatic carbocycles. The summed E-state index contributed by atoms with van der Waals surface area (Å²) >= 11 is 0. The van der Waals surface area contributed by atoms with Crippen LogP contribution in [0.5, 0.6) is 0 Å². The summed E-state index contributed by atoms with van der Waals surface area (Å²) in [5, 5.41) is 5.52. The Balaban J connectivity index is 0. The monoisotopic (exact) mass is 398 g/mol. The Morgan fingerprint density at radius 3 is 2.36 bits per heavy atom. The summed E-state index contributed by atoms with van der Waals surface area (Å²) in [6, 6.07) is -0.575. The molecular formula is C17H36Cl2N4O2. The van der Waals surface area contributed by atoms with E-state index in [1.54, 1.807) is 0 Å². The number of halogens is 2. The molecule has 1 unspecified atom stereocenters. The molecule has 1 aliphatic rings. The number of rotatable bonds is 7. The normalized spacial score (nSPS) is 19.4. The number of nitrogens with one attached hydrogen (secondary N) is 2. The van der Waals surface area contributed by atoms with Crippen LogP contribution in [0.4, 0.5) is 0 Å². The van der Waals surface area contributed by atoms with Crippen LogP contribution in [0.2, 0.25) is 0 Å². The number of carbonyl (C=O) groups is 2. The molecule has 0 spiro atoms. The van der Waals surface area contributed by atoms with Crippen molar-refractivity contribution in [2.75, 3.05) is 26.2 Å². The van der Waals surface area contributed by atoms with Gasteiger partial charge in [-0.3, -0.25) is 14.5 Å². The number of hydrogen-bond donors (Lipinski definition) is 3. The summed E-state index contributed by atoms with van der Waals surface area (Å²) in [7, 11) is 0. The van der Waals surface area contributed by atoms with Gasteiger partial charge in [0.2, 0.25) is 11.8 Å². The van der Waals surface area contributed by atoms with E-state index in [0.29, 0.717) is 12.5 Å². The third kappa shape index (κ3) is 9.08. The van der Waals surface area contributed by atoms with Crippen LogP contribution in [0.15, 0.2) is 0 Å². The van der Waals surface area contributed by atoms with Crippen LogP contribution in [-0.2, 0) is 9.59 Å². The van der Waals surface area contributed by atoms with Gasteiger partial charge in [0, 0.05) is 18.6 Å². The Morgan fingerprint density at radius 2 is 1.84 bits per heavy atom. The molecule has 0 aromatic carbocycles. The Morgan fingerprint density at radius 1 is 1.24 bits per heavy atom. The number of nitrogens with two attached hydrogens (primary N) is 1. The van der Waals surface area contributed by atoms with Crippen molar-refractivity contribution in [2.45, 2.75) is 59.0 Å². The van der Waals surface area contributed by atoms with E-state index in [0.717, 1.165) is 13.1 Å². The van der Waals surface area contributed by atoms with Crippen molar-refractivity contribution < 1.29 is 9.59 Å². The number of hydrogen-bond acceptors (Lipinski definition) is 4. The van der Waals surface area contributed by atoms with Gasteiger partial charge in [0.05, 0.1) is 12.6 Å².